The van der Waals surface area contributed by atoms with Crippen molar-refractivity contribution in [3.8, 4) is 0 Å². The average molecular weight is 337 g/mol. The molecule has 0 N–H and O–H groups in total. The minimum atomic E-state index is 0.145. The van der Waals surface area contributed by atoms with Crippen LogP contribution < -0.4 is 0 Å². The fraction of sp³-hybridized carbons (Fsp3) is 0.143. The van der Waals surface area contributed by atoms with E-state index in [9.17, 15) is 4.79 Å². The third-order valence-electron chi connectivity index (χ3n) is 2.60. The van der Waals surface area contributed by atoms with Gasteiger partial charge in [-0.05, 0) is 58.8 Å². The summed E-state index contributed by atoms with van der Waals surface area (Å²) in [6.07, 6.45) is 3.83. The Morgan fingerprint density at radius 1 is 1.24 bits per heavy atom. The minimum Gasteiger partial charge on any atom is -0.294 e. The number of Topliss-reactive ketones (excluding diaryl/α,β-unsaturated/α-hetero) is 1. The van der Waals surface area contributed by atoms with Crippen LogP contribution in [0, 0.1) is 10.5 Å². The van der Waals surface area contributed by atoms with Gasteiger partial charge in [-0.2, -0.15) is 0 Å². The third kappa shape index (κ3) is 3.12. The zero-order chi connectivity index (χ0) is 12.3. The van der Waals surface area contributed by atoms with Crippen molar-refractivity contribution < 1.29 is 4.79 Å². The van der Waals surface area contributed by atoms with E-state index in [1.165, 1.54) is 3.57 Å². The van der Waals surface area contributed by atoms with Crippen LogP contribution in [0.3, 0.4) is 0 Å². The maximum Gasteiger partial charge on any atom is 0.167 e. The standard InChI is InChI=1S/C14H12INO/c1-10-9-16-7-6-13(10)14(17)8-11-2-4-12(15)5-3-11/h2-7,9H,8H2,1H3. The molecule has 0 aliphatic carbocycles. The van der Waals surface area contributed by atoms with Gasteiger partial charge in [-0.25, -0.2) is 0 Å². The van der Waals surface area contributed by atoms with Crippen molar-refractivity contribution >= 4 is 28.4 Å². The molecule has 2 aromatic rings. The molecule has 0 bridgehead atoms. The molecule has 0 saturated heterocycles. The molecule has 17 heavy (non-hydrogen) atoms. The van der Waals surface area contributed by atoms with Crippen LogP contribution >= 0.6 is 22.6 Å². The van der Waals surface area contributed by atoms with Crippen molar-refractivity contribution in [1.29, 1.82) is 0 Å². The van der Waals surface area contributed by atoms with Gasteiger partial charge in [0, 0.05) is 27.9 Å². The Hall–Kier alpha value is -1.23. The molecule has 0 atom stereocenters. The van der Waals surface area contributed by atoms with Crippen LogP contribution in [0.15, 0.2) is 42.7 Å². The highest BCUT2D eigenvalue weighted by atomic mass is 127. The predicted molar refractivity (Wildman–Crippen MR) is 76.2 cm³/mol. The molecule has 0 radical (unpaired) electrons. The van der Waals surface area contributed by atoms with Crippen LogP contribution in [-0.2, 0) is 6.42 Å². The van der Waals surface area contributed by atoms with E-state index >= 15 is 0 Å². The highest BCUT2D eigenvalue weighted by molar-refractivity contribution is 14.1. The maximum atomic E-state index is 12.1. The minimum absolute atomic E-state index is 0.145. The summed E-state index contributed by atoms with van der Waals surface area (Å²) in [5, 5.41) is 0. The van der Waals surface area contributed by atoms with E-state index in [-0.39, 0.29) is 5.78 Å². The molecule has 1 aromatic carbocycles. The predicted octanol–water partition coefficient (Wildman–Crippen LogP) is 3.42. The first-order valence-electron chi connectivity index (χ1n) is 5.35. The summed E-state index contributed by atoms with van der Waals surface area (Å²) in [5.74, 6) is 0.145. The number of carbonyl (C=O) groups excluding carboxylic acids is 1. The van der Waals surface area contributed by atoms with Crippen LogP contribution in [0.25, 0.3) is 0 Å². The SMILES string of the molecule is Cc1cnccc1C(=O)Cc1ccc(I)cc1. The van der Waals surface area contributed by atoms with E-state index in [2.05, 4.69) is 27.6 Å². The molecule has 0 spiro atoms. The number of benzene rings is 1. The molecule has 0 aliphatic rings. The van der Waals surface area contributed by atoms with Gasteiger partial charge in [0.1, 0.15) is 0 Å². The van der Waals surface area contributed by atoms with Crippen molar-refractivity contribution in [3.63, 3.8) is 0 Å². The molecule has 0 aliphatic heterocycles. The summed E-state index contributed by atoms with van der Waals surface area (Å²) >= 11 is 2.25. The average Bonchev–Trinajstić information content (AvgIpc) is 2.32. The number of carbonyl (C=O) groups is 1. The fourth-order valence-corrected chi connectivity index (χ4v) is 2.03. The van der Waals surface area contributed by atoms with E-state index in [1.54, 1.807) is 18.5 Å². The van der Waals surface area contributed by atoms with Gasteiger partial charge in [-0.15, -0.1) is 0 Å². The number of halogens is 1. The number of pyridine rings is 1. The van der Waals surface area contributed by atoms with Gasteiger partial charge in [-0.1, -0.05) is 12.1 Å². The zero-order valence-corrected chi connectivity index (χ0v) is 11.6. The molecule has 0 amide bonds. The van der Waals surface area contributed by atoms with Crippen LogP contribution in [0.1, 0.15) is 21.5 Å². The first-order chi connectivity index (χ1) is 8.16. The summed E-state index contributed by atoms with van der Waals surface area (Å²) in [5.41, 5.74) is 2.74. The largest absolute Gasteiger partial charge is 0.294 e. The molecule has 0 fully saturated rings. The summed E-state index contributed by atoms with van der Waals surface area (Å²) < 4.78 is 1.18. The zero-order valence-electron chi connectivity index (χ0n) is 9.48. The molecule has 86 valence electrons. The Balaban J connectivity index is 2.17. The number of aromatic nitrogens is 1. The van der Waals surface area contributed by atoms with Crippen LogP contribution in [0.2, 0.25) is 0 Å². The number of hydrogen-bond acceptors (Lipinski definition) is 2. The summed E-state index contributed by atoms with van der Waals surface area (Å²) in [6, 6.07) is 9.81. The molecule has 3 heteroatoms. The number of nitrogens with zero attached hydrogens (tertiary/aromatic N) is 1. The van der Waals surface area contributed by atoms with Crippen molar-refractivity contribution in [1.82, 2.24) is 4.98 Å². The lowest BCUT2D eigenvalue weighted by Gasteiger charge is -2.04. The Bertz CT molecular complexity index is 534. The van der Waals surface area contributed by atoms with Gasteiger partial charge in [0.05, 0.1) is 0 Å². The highest BCUT2D eigenvalue weighted by Gasteiger charge is 2.09. The second-order valence-electron chi connectivity index (χ2n) is 3.92. The lowest BCUT2D eigenvalue weighted by molar-refractivity contribution is 0.0992. The van der Waals surface area contributed by atoms with Gasteiger partial charge in [-0.3, -0.25) is 9.78 Å². The topological polar surface area (TPSA) is 30.0 Å². The Labute approximate surface area is 114 Å². The number of hydrogen-bond donors (Lipinski definition) is 0. The van der Waals surface area contributed by atoms with E-state index in [4.69, 9.17) is 0 Å². The molecule has 2 nitrogen and oxygen atoms in total. The van der Waals surface area contributed by atoms with Crippen LogP contribution in [0.4, 0.5) is 0 Å². The monoisotopic (exact) mass is 337 g/mol. The third-order valence-corrected chi connectivity index (χ3v) is 3.32. The highest BCUT2D eigenvalue weighted by Crippen LogP contribution is 2.12. The van der Waals surface area contributed by atoms with Crippen LogP contribution in [-0.4, -0.2) is 10.8 Å². The Morgan fingerprint density at radius 3 is 2.59 bits per heavy atom. The summed E-state index contributed by atoms with van der Waals surface area (Å²) in [4.78, 5) is 16.1. The first-order valence-corrected chi connectivity index (χ1v) is 6.43. The van der Waals surface area contributed by atoms with Crippen molar-refractivity contribution in [2.24, 2.45) is 0 Å². The summed E-state index contributed by atoms with van der Waals surface area (Å²) in [7, 11) is 0. The molecule has 2 rings (SSSR count). The van der Waals surface area contributed by atoms with E-state index in [1.807, 2.05) is 31.2 Å². The second kappa shape index (κ2) is 5.40. The quantitative estimate of drug-likeness (QED) is 0.635. The second-order valence-corrected chi connectivity index (χ2v) is 5.16. The van der Waals surface area contributed by atoms with Gasteiger partial charge in [0.25, 0.3) is 0 Å². The van der Waals surface area contributed by atoms with Gasteiger partial charge in [0.2, 0.25) is 0 Å². The molecule has 0 saturated carbocycles. The van der Waals surface area contributed by atoms with Gasteiger partial charge < -0.3 is 0 Å². The smallest absolute Gasteiger partial charge is 0.167 e. The van der Waals surface area contributed by atoms with E-state index in [0.29, 0.717) is 6.42 Å². The Kier molecular flexibility index (Phi) is 3.89. The number of rotatable bonds is 3. The van der Waals surface area contributed by atoms with Crippen molar-refractivity contribution in [3.05, 3.63) is 63.0 Å². The molecule has 0 unspecified atom stereocenters. The van der Waals surface area contributed by atoms with Gasteiger partial charge in [0.15, 0.2) is 5.78 Å². The molecular formula is C14H12INO. The maximum absolute atomic E-state index is 12.1. The normalized spacial score (nSPS) is 10.2. The Morgan fingerprint density at radius 2 is 1.94 bits per heavy atom. The first kappa shape index (κ1) is 12.2. The molecule has 1 aromatic heterocycles. The van der Waals surface area contributed by atoms with Gasteiger partial charge >= 0.3 is 0 Å². The summed E-state index contributed by atoms with van der Waals surface area (Å²) in [6.45, 7) is 1.91. The molecular weight excluding hydrogens is 325 g/mol. The van der Waals surface area contributed by atoms with Crippen molar-refractivity contribution in [2.75, 3.05) is 0 Å². The lowest BCUT2D eigenvalue weighted by Crippen LogP contribution is -2.05. The fourth-order valence-electron chi connectivity index (χ4n) is 1.67. The lowest BCUT2D eigenvalue weighted by atomic mass is 10.0. The van der Waals surface area contributed by atoms with E-state index < -0.39 is 0 Å². The van der Waals surface area contributed by atoms with E-state index in [0.717, 1.165) is 16.7 Å². The van der Waals surface area contributed by atoms with Crippen LogP contribution in [0.5, 0.6) is 0 Å². The van der Waals surface area contributed by atoms with Crippen molar-refractivity contribution in [2.45, 2.75) is 13.3 Å². The number of aryl methyl sites for hydroxylation is 1. The molecule has 1 heterocycles. The number of ketones is 1.